The number of rotatable bonds is 3. The molecule has 0 aromatic heterocycles. The molecule has 0 aliphatic heterocycles. The summed E-state index contributed by atoms with van der Waals surface area (Å²) in [6.45, 7) is 0. The van der Waals surface area contributed by atoms with E-state index in [0.29, 0.717) is 0 Å². The Kier molecular flexibility index (Phi) is 3.51. The van der Waals surface area contributed by atoms with Crippen molar-refractivity contribution in [2.24, 2.45) is 0 Å². The van der Waals surface area contributed by atoms with Crippen molar-refractivity contribution in [2.75, 3.05) is 12.4 Å². The van der Waals surface area contributed by atoms with E-state index in [4.69, 9.17) is 0 Å². The number of hydrogen-bond donors (Lipinski definition) is 1. The molecule has 98 valence electrons. The van der Waals surface area contributed by atoms with Gasteiger partial charge in [0.15, 0.2) is 0 Å². The summed E-state index contributed by atoms with van der Waals surface area (Å²) in [5, 5.41) is 3.14. The highest BCUT2D eigenvalue weighted by Crippen LogP contribution is 2.26. The quantitative estimate of drug-likeness (QED) is 0.693. The van der Waals surface area contributed by atoms with Crippen molar-refractivity contribution in [3.05, 3.63) is 78.9 Å². The van der Waals surface area contributed by atoms with Crippen LogP contribution in [0.5, 0.6) is 0 Å². The monoisotopic (exact) mass is 259 g/mol. The Bertz CT molecular complexity index is 684. The van der Waals surface area contributed by atoms with Crippen LogP contribution in [-0.4, -0.2) is 7.05 Å². The standard InChI is InChI=1S/C19H17N/c1-20-19-12-10-16(11-13-19)18-9-5-8-17(14-18)15-6-3-2-4-7-15/h2-14,20H,1H3. The van der Waals surface area contributed by atoms with Crippen LogP contribution in [-0.2, 0) is 0 Å². The van der Waals surface area contributed by atoms with E-state index in [0.717, 1.165) is 5.69 Å². The van der Waals surface area contributed by atoms with Gasteiger partial charge in [-0.1, -0.05) is 60.7 Å². The third-order valence-electron chi connectivity index (χ3n) is 3.48. The lowest BCUT2D eigenvalue weighted by atomic mass is 9.99. The molecule has 0 aliphatic rings. The fourth-order valence-electron chi connectivity index (χ4n) is 2.34. The lowest BCUT2D eigenvalue weighted by molar-refractivity contribution is 1.51. The van der Waals surface area contributed by atoms with Crippen LogP contribution in [0.15, 0.2) is 78.9 Å². The summed E-state index contributed by atoms with van der Waals surface area (Å²) in [4.78, 5) is 0. The minimum atomic E-state index is 1.13. The lowest BCUT2D eigenvalue weighted by Gasteiger charge is -2.07. The molecule has 0 amide bonds. The highest BCUT2D eigenvalue weighted by Gasteiger charge is 2.01. The van der Waals surface area contributed by atoms with Crippen LogP contribution in [0.2, 0.25) is 0 Å². The molecule has 1 heteroatoms. The van der Waals surface area contributed by atoms with Crippen LogP contribution in [0.4, 0.5) is 5.69 Å². The fourth-order valence-corrected chi connectivity index (χ4v) is 2.34. The van der Waals surface area contributed by atoms with Gasteiger partial charge >= 0.3 is 0 Å². The van der Waals surface area contributed by atoms with Gasteiger partial charge in [0.25, 0.3) is 0 Å². The predicted octanol–water partition coefficient (Wildman–Crippen LogP) is 5.06. The third kappa shape index (κ3) is 2.57. The summed E-state index contributed by atoms with van der Waals surface area (Å²) < 4.78 is 0. The highest BCUT2D eigenvalue weighted by atomic mass is 14.8. The molecule has 0 unspecified atom stereocenters. The van der Waals surface area contributed by atoms with Gasteiger partial charge in [0.2, 0.25) is 0 Å². The highest BCUT2D eigenvalue weighted by molar-refractivity contribution is 5.73. The van der Waals surface area contributed by atoms with Crippen LogP contribution in [0.25, 0.3) is 22.3 Å². The van der Waals surface area contributed by atoms with E-state index in [-0.39, 0.29) is 0 Å². The molecule has 0 bridgehead atoms. The Morgan fingerprint density at radius 2 is 1.10 bits per heavy atom. The summed E-state index contributed by atoms with van der Waals surface area (Å²) in [5.41, 5.74) is 6.12. The first-order chi connectivity index (χ1) is 9.86. The average molecular weight is 259 g/mol. The minimum absolute atomic E-state index is 1.13. The van der Waals surface area contributed by atoms with Gasteiger partial charge in [0.1, 0.15) is 0 Å². The maximum absolute atomic E-state index is 3.14. The van der Waals surface area contributed by atoms with E-state index in [1.807, 2.05) is 13.1 Å². The van der Waals surface area contributed by atoms with Crippen molar-refractivity contribution >= 4 is 5.69 Å². The van der Waals surface area contributed by atoms with E-state index in [2.05, 4.69) is 78.1 Å². The lowest BCUT2D eigenvalue weighted by Crippen LogP contribution is -1.87. The number of hydrogen-bond acceptors (Lipinski definition) is 1. The molecule has 0 heterocycles. The van der Waals surface area contributed by atoms with Gasteiger partial charge in [-0.05, 0) is 40.5 Å². The van der Waals surface area contributed by atoms with E-state index < -0.39 is 0 Å². The van der Waals surface area contributed by atoms with E-state index >= 15 is 0 Å². The summed E-state index contributed by atoms with van der Waals surface area (Å²) in [6, 6.07) is 27.6. The normalized spacial score (nSPS) is 10.2. The van der Waals surface area contributed by atoms with Crippen LogP contribution in [0.3, 0.4) is 0 Å². The van der Waals surface area contributed by atoms with Crippen molar-refractivity contribution in [1.29, 1.82) is 0 Å². The number of nitrogens with one attached hydrogen (secondary N) is 1. The molecule has 0 radical (unpaired) electrons. The molecule has 0 fully saturated rings. The smallest absolute Gasteiger partial charge is 0.0337 e. The Morgan fingerprint density at radius 3 is 1.70 bits per heavy atom. The molecule has 20 heavy (non-hydrogen) atoms. The Labute approximate surface area is 119 Å². The zero-order chi connectivity index (χ0) is 13.8. The van der Waals surface area contributed by atoms with Gasteiger partial charge in [0.05, 0.1) is 0 Å². The maximum Gasteiger partial charge on any atom is 0.0337 e. The van der Waals surface area contributed by atoms with Crippen LogP contribution >= 0.6 is 0 Å². The largest absolute Gasteiger partial charge is 0.388 e. The molecule has 3 rings (SSSR count). The molecule has 3 aromatic rings. The second-order valence-corrected chi connectivity index (χ2v) is 4.77. The summed E-state index contributed by atoms with van der Waals surface area (Å²) >= 11 is 0. The first kappa shape index (κ1) is 12.5. The summed E-state index contributed by atoms with van der Waals surface area (Å²) in [6.07, 6.45) is 0. The SMILES string of the molecule is CNc1ccc(-c2cccc(-c3ccccc3)c2)cc1. The fraction of sp³-hybridized carbons (Fsp3) is 0.0526. The van der Waals surface area contributed by atoms with Gasteiger partial charge < -0.3 is 5.32 Å². The van der Waals surface area contributed by atoms with E-state index in [9.17, 15) is 0 Å². The van der Waals surface area contributed by atoms with Gasteiger partial charge in [-0.3, -0.25) is 0 Å². The third-order valence-corrected chi connectivity index (χ3v) is 3.48. The zero-order valence-electron chi connectivity index (χ0n) is 11.5. The first-order valence-corrected chi connectivity index (χ1v) is 6.80. The zero-order valence-corrected chi connectivity index (χ0v) is 11.5. The van der Waals surface area contributed by atoms with Crippen molar-refractivity contribution < 1.29 is 0 Å². The maximum atomic E-state index is 3.14. The first-order valence-electron chi connectivity index (χ1n) is 6.80. The van der Waals surface area contributed by atoms with Crippen LogP contribution in [0, 0.1) is 0 Å². The van der Waals surface area contributed by atoms with Crippen molar-refractivity contribution in [3.8, 4) is 22.3 Å². The molecule has 0 spiro atoms. The van der Waals surface area contributed by atoms with Crippen LogP contribution in [0.1, 0.15) is 0 Å². The van der Waals surface area contributed by atoms with E-state index in [1.165, 1.54) is 22.3 Å². The second-order valence-electron chi connectivity index (χ2n) is 4.77. The van der Waals surface area contributed by atoms with Crippen molar-refractivity contribution in [2.45, 2.75) is 0 Å². The van der Waals surface area contributed by atoms with Crippen molar-refractivity contribution in [3.63, 3.8) is 0 Å². The van der Waals surface area contributed by atoms with Gasteiger partial charge in [-0.25, -0.2) is 0 Å². The predicted molar refractivity (Wildman–Crippen MR) is 86.9 cm³/mol. The molecule has 3 aromatic carbocycles. The summed E-state index contributed by atoms with van der Waals surface area (Å²) in [5.74, 6) is 0. The Hall–Kier alpha value is -2.54. The molecular weight excluding hydrogens is 242 g/mol. The number of anilines is 1. The van der Waals surface area contributed by atoms with Gasteiger partial charge in [-0.2, -0.15) is 0 Å². The molecule has 1 N–H and O–H groups in total. The van der Waals surface area contributed by atoms with Gasteiger partial charge in [-0.15, -0.1) is 0 Å². The molecule has 0 saturated heterocycles. The molecule has 0 aliphatic carbocycles. The Balaban J connectivity index is 1.98. The molecule has 0 saturated carbocycles. The van der Waals surface area contributed by atoms with E-state index in [1.54, 1.807) is 0 Å². The average Bonchev–Trinajstić information content (AvgIpc) is 2.56. The van der Waals surface area contributed by atoms with Crippen molar-refractivity contribution in [1.82, 2.24) is 0 Å². The molecule has 0 atom stereocenters. The van der Waals surface area contributed by atoms with Gasteiger partial charge in [0, 0.05) is 12.7 Å². The van der Waals surface area contributed by atoms with Crippen LogP contribution < -0.4 is 5.32 Å². The second kappa shape index (κ2) is 5.62. The summed E-state index contributed by atoms with van der Waals surface area (Å²) in [7, 11) is 1.94. The topological polar surface area (TPSA) is 12.0 Å². The number of benzene rings is 3. The minimum Gasteiger partial charge on any atom is -0.388 e. The Morgan fingerprint density at radius 1 is 0.550 bits per heavy atom. The molecule has 1 nitrogen and oxygen atoms in total. The molecular formula is C19H17N.